The zero-order valence-corrected chi connectivity index (χ0v) is 15.8. The SMILES string of the molecule is COC(=O)C1CCCCN1C(=O)C(Cc1cnc[nH]1)NC(=O)C1CCC(=O)N1. The summed E-state index contributed by atoms with van der Waals surface area (Å²) in [5.41, 5.74) is 0.681. The fraction of sp³-hybridized carbons (Fsp3) is 0.611. The van der Waals surface area contributed by atoms with Gasteiger partial charge in [0.2, 0.25) is 17.7 Å². The number of amides is 3. The highest BCUT2D eigenvalue weighted by atomic mass is 16.5. The summed E-state index contributed by atoms with van der Waals surface area (Å²) < 4.78 is 4.85. The Morgan fingerprint density at radius 1 is 1.36 bits per heavy atom. The molecule has 3 amide bonds. The average molecular weight is 391 g/mol. The number of aromatic nitrogens is 2. The Bertz CT molecular complexity index is 735. The first-order valence-electron chi connectivity index (χ1n) is 9.45. The van der Waals surface area contributed by atoms with Crippen molar-refractivity contribution in [1.82, 2.24) is 25.5 Å². The monoisotopic (exact) mass is 391 g/mol. The molecule has 2 fully saturated rings. The van der Waals surface area contributed by atoms with E-state index in [4.69, 9.17) is 4.74 Å². The second-order valence-electron chi connectivity index (χ2n) is 7.07. The topological polar surface area (TPSA) is 133 Å². The third-order valence-corrected chi connectivity index (χ3v) is 5.16. The zero-order valence-electron chi connectivity index (χ0n) is 15.8. The fourth-order valence-corrected chi connectivity index (χ4v) is 3.68. The highest BCUT2D eigenvalue weighted by Gasteiger charge is 2.38. The summed E-state index contributed by atoms with van der Waals surface area (Å²) in [7, 11) is 1.30. The molecule has 0 saturated carbocycles. The lowest BCUT2D eigenvalue weighted by Crippen LogP contribution is -2.58. The van der Waals surface area contributed by atoms with Crippen molar-refractivity contribution < 1.29 is 23.9 Å². The van der Waals surface area contributed by atoms with Crippen LogP contribution >= 0.6 is 0 Å². The van der Waals surface area contributed by atoms with Gasteiger partial charge in [0, 0.05) is 31.3 Å². The molecule has 3 heterocycles. The van der Waals surface area contributed by atoms with Crippen molar-refractivity contribution in [1.29, 1.82) is 0 Å². The summed E-state index contributed by atoms with van der Waals surface area (Å²) in [6.45, 7) is 0.425. The van der Waals surface area contributed by atoms with Crippen LogP contribution in [0.1, 0.15) is 37.8 Å². The minimum Gasteiger partial charge on any atom is -0.467 e. The quantitative estimate of drug-likeness (QED) is 0.548. The van der Waals surface area contributed by atoms with Crippen molar-refractivity contribution in [3.05, 3.63) is 18.2 Å². The van der Waals surface area contributed by atoms with Crippen LogP contribution in [0, 0.1) is 0 Å². The predicted molar refractivity (Wildman–Crippen MR) is 96.8 cm³/mol. The van der Waals surface area contributed by atoms with Crippen molar-refractivity contribution in [2.45, 2.75) is 56.7 Å². The average Bonchev–Trinajstić information content (AvgIpc) is 3.38. The minimum atomic E-state index is -0.879. The summed E-state index contributed by atoms with van der Waals surface area (Å²) in [5, 5.41) is 5.35. The maximum Gasteiger partial charge on any atom is 0.328 e. The number of rotatable bonds is 6. The number of piperidine rings is 1. The normalized spacial score (nSPS) is 23.0. The third kappa shape index (κ3) is 4.49. The van der Waals surface area contributed by atoms with Crippen LogP contribution in [0.15, 0.2) is 12.5 Å². The van der Waals surface area contributed by atoms with Crippen LogP contribution in [0.5, 0.6) is 0 Å². The molecule has 0 aromatic carbocycles. The van der Waals surface area contributed by atoms with Gasteiger partial charge in [0.25, 0.3) is 0 Å². The lowest BCUT2D eigenvalue weighted by Gasteiger charge is -2.36. The van der Waals surface area contributed by atoms with Crippen LogP contribution in [-0.4, -0.2) is 70.3 Å². The zero-order chi connectivity index (χ0) is 20.1. The van der Waals surface area contributed by atoms with Gasteiger partial charge in [-0.2, -0.15) is 0 Å². The van der Waals surface area contributed by atoms with E-state index in [1.807, 2.05) is 0 Å². The molecule has 28 heavy (non-hydrogen) atoms. The van der Waals surface area contributed by atoms with Crippen LogP contribution in [0.3, 0.4) is 0 Å². The molecule has 10 nitrogen and oxygen atoms in total. The number of esters is 1. The number of nitrogens with zero attached hydrogens (tertiary/aromatic N) is 2. The summed E-state index contributed by atoms with van der Waals surface area (Å²) in [4.78, 5) is 57.7. The van der Waals surface area contributed by atoms with Crippen molar-refractivity contribution in [3.63, 3.8) is 0 Å². The molecule has 10 heteroatoms. The van der Waals surface area contributed by atoms with Gasteiger partial charge < -0.3 is 25.3 Å². The number of aromatic amines is 1. The number of nitrogens with one attached hydrogen (secondary N) is 3. The molecule has 3 N–H and O–H groups in total. The summed E-state index contributed by atoms with van der Waals surface area (Å²) in [5.74, 6) is -1.39. The minimum absolute atomic E-state index is 0.182. The molecule has 3 unspecified atom stereocenters. The summed E-state index contributed by atoms with van der Waals surface area (Å²) >= 11 is 0. The van der Waals surface area contributed by atoms with E-state index < -0.39 is 30.0 Å². The molecule has 152 valence electrons. The Kier molecular flexibility index (Phi) is 6.27. The lowest BCUT2D eigenvalue weighted by molar-refractivity contribution is -0.155. The van der Waals surface area contributed by atoms with Crippen LogP contribution in [-0.2, 0) is 30.3 Å². The molecule has 1 aromatic heterocycles. The van der Waals surface area contributed by atoms with Crippen molar-refractivity contribution >= 4 is 23.7 Å². The maximum absolute atomic E-state index is 13.3. The lowest BCUT2D eigenvalue weighted by atomic mass is 9.99. The van der Waals surface area contributed by atoms with E-state index in [9.17, 15) is 19.2 Å². The van der Waals surface area contributed by atoms with Crippen LogP contribution in [0.4, 0.5) is 0 Å². The molecule has 0 aliphatic carbocycles. The smallest absolute Gasteiger partial charge is 0.328 e. The number of ether oxygens (including phenoxy) is 1. The Balaban J connectivity index is 1.76. The first-order valence-corrected chi connectivity index (χ1v) is 9.45. The first-order chi connectivity index (χ1) is 13.5. The van der Waals surface area contributed by atoms with Crippen molar-refractivity contribution in [3.8, 4) is 0 Å². The molecule has 2 saturated heterocycles. The molecule has 0 spiro atoms. The number of hydrogen-bond acceptors (Lipinski definition) is 6. The van der Waals surface area contributed by atoms with E-state index in [-0.39, 0.29) is 24.7 Å². The second kappa shape index (κ2) is 8.85. The molecule has 2 aliphatic heterocycles. The Morgan fingerprint density at radius 2 is 2.18 bits per heavy atom. The van der Waals surface area contributed by atoms with Crippen molar-refractivity contribution in [2.24, 2.45) is 0 Å². The van der Waals surface area contributed by atoms with Crippen LogP contribution in [0.2, 0.25) is 0 Å². The molecule has 0 radical (unpaired) electrons. The predicted octanol–water partition coefficient (Wildman–Crippen LogP) is -0.730. The van der Waals surface area contributed by atoms with Crippen LogP contribution < -0.4 is 10.6 Å². The van der Waals surface area contributed by atoms with Gasteiger partial charge in [-0.1, -0.05) is 0 Å². The molecule has 2 aliphatic rings. The van der Waals surface area contributed by atoms with E-state index in [0.717, 1.165) is 12.8 Å². The number of likely N-dealkylation sites (tertiary alicyclic amines) is 1. The van der Waals surface area contributed by atoms with Crippen LogP contribution in [0.25, 0.3) is 0 Å². The molecule has 3 rings (SSSR count). The van der Waals surface area contributed by atoms with E-state index in [1.165, 1.54) is 18.3 Å². The Morgan fingerprint density at radius 3 is 2.82 bits per heavy atom. The van der Waals surface area contributed by atoms with Crippen molar-refractivity contribution in [2.75, 3.05) is 13.7 Å². The van der Waals surface area contributed by atoms with Gasteiger partial charge in [0.15, 0.2) is 0 Å². The number of methoxy groups -OCH3 is 1. The van der Waals surface area contributed by atoms with Gasteiger partial charge in [0.1, 0.15) is 18.1 Å². The summed E-state index contributed by atoms with van der Waals surface area (Å²) in [6, 6.07) is -2.18. The van der Waals surface area contributed by atoms with E-state index in [1.54, 1.807) is 6.20 Å². The highest BCUT2D eigenvalue weighted by Crippen LogP contribution is 2.20. The number of carbonyl (C=O) groups excluding carboxylic acids is 4. The first kappa shape index (κ1) is 19.8. The number of hydrogen-bond donors (Lipinski definition) is 3. The standard InChI is InChI=1S/C18H25N5O5/c1-28-18(27)14-4-2-3-7-23(14)17(26)13(8-11-9-19-10-20-11)22-16(25)12-5-6-15(24)21-12/h9-10,12-14H,2-8H2,1H3,(H,19,20)(H,21,24)(H,22,25). The Hall–Kier alpha value is -2.91. The molecule has 1 aromatic rings. The number of imidazole rings is 1. The van der Waals surface area contributed by atoms with Gasteiger partial charge in [-0.15, -0.1) is 0 Å². The highest BCUT2D eigenvalue weighted by molar-refractivity contribution is 5.95. The fourth-order valence-electron chi connectivity index (χ4n) is 3.68. The largest absolute Gasteiger partial charge is 0.467 e. The molecular formula is C18H25N5O5. The van der Waals surface area contributed by atoms with Gasteiger partial charge in [-0.05, 0) is 25.7 Å². The third-order valence-electron chi connectivity index (χ3n) is 5.16. The van der Waals surface area contributed by atoms with E-state index >= 15 is 0 Å². The van der Waals surface area contributed by atoms with Gasteiger partial charge in [0.05, 0.1) is 13.4 Å². The summed E-state index contributed by atoms with van der Waals surface area (Å²) in [6.07, 6.45) is 6.10. The van der Waals surface area contributed by atoms with E-state index in [2.05, 4.69) is 20.6 Å². The second-order valence-corrected chi connectivity index (χ2v) is 7.07. The Labute approximate surface area is 162 Å². The van der Waals surface area contributed by atoms with Gasteiger partial charge in [-0.25, -0.2) is 9.78 Å². The molecular weight excluding hydrogens is 366 g/mol. The van der Waals surface area contributed by atoms with Gasteiger partial charge >= 0.3 is 5.97 Å². The number of carbonyl (C=O) groups is 4. The number of H-pyrrole nitrogens is 1. The van der Waals surface area contributed by atoms with Gasteiger partial charge in [-0.3, -0.25) is 14.4 Å². The maximum atomic E-state index is 13.3. The van der Waals surface area contributed by atoms with E-state index in [0.29, 0.717) is 25.1 Å². The molecule has 0 bridgehead atoms. The molecule has 3 atom stereocenters.